The lowest BCUT2D eigenvalue weighted by Gasteiger charge is -2.31. The Balaban J connectivity index is 1.38. The number of likely N-dealkylation sites (tertiary alicyclic amines) is 1. The van der Waals surface area contributed by atoms with Gasteiger partial charge in [0.1, 0.15) is 12.6 Å². The lowest BCUT2D eigenvalue weighted by atomic mass is 10.0. The van der Waals surface area contributed by atoms with E-state index in [2.05, 4.69) is 9.80 Å². The molecule has 188 valence electrons. The largest absolute Gasteiger partial charge is 0.476 e. The van der Waals surface area contributed by atoms with Crippen LogP contribution in [0.4, 0.5) is 5.95 Å². The quantitative estimate of drug-likeness (QED) is 0.444. The van der Waals surface area contributed by atoms with Gasteiger partial charge in [0, 0.05) is 30.8 Å². The lowest BCUT2D eigenvalue weighted by molar-refractivity contribution is -0.148. The standard InChI is InChI=1S/C28H32N4O4/c1-34-27(33)26(22-11-6-3-7-12-22)32-14-8-13-23(32)20-36-25-19-24(21-9-4-2-5-10-21)29-28(30-25)31-15-17-35-18-16-31/h2-7,9-12,19,23,26H,8,13-18,20H2,1H3. The number of carbonyl (C=O) groups excluding carboxylic acids is 1. The van der Waals surface area contributed by atoms with Gasteiger partial charge in [0.25, 0.3) is 0 Å². The first-order valence-corrected chi connectivity index (χ1v) is 12.5. The second-order valence-electron chi connectivity index (χ2n) is 9.04. The number of anilines is 1. The van der Waals surface area contributed by atoms with Gasteiger partial charge < -0.3 is 19.1 Å². The summed E-state index contributed by atoms with van der Waals surface area (Å²) in [6.45, 7) is 4.02. The minimum atomic E-state index is -0.457. The van der Waals surface area contributed by atoms with Crippen LogP contribution in [0.3, 0.4) is 0 Å². The normalized spacial score (nSPS) is 19.1. The number of hydrogen-bond donors (Lipinski definition) is 0. The molecule has 2 saturated heterocycles. The number of ether oxygens (including phenoxy) is 3. The summed E-state index contributed by atoms with van der Waals surface area (Å²) in [6.07, 6.45) is 1.93. The van der Waals surface area contributed by atoms with Crippen molar-refractivity contribution in [1.29, 1.82) is 0 Å². The van der Waals surface area contributed by atoms with E-state index < -0.39 is 6.04 Å². The fourth-order valence-corrected chi connectivity index (χ4v) is 4.92. The molecule has 0 saturated carbocycles. The molecule has 2 aliphatic heterocycles. The van der Waals surface area contributed by atoms with E-state index in [1.54, 1.807) is 0 Å². The predicted molar refractivity (Wildman–Crippen MR) is 137 cm³/mol. The predicted octanol–water partition coefficient (Wildman–Crippen LogP) is 3.74. The Kier molecular flexibility index (Phi) is 7.73. The molecule has 2 unspecified atom stereocenters. The van der Waals surface area contributed by atoms with Gasteiger partial charge in [-0.1, -0.05) is 60.7 Å². The molecule has 5 rings (SSSR count). The number of hydrogen-bond acceptors (Lipinski definition) is 8. The zero-order valence-electron chi connectivity index (χ0n) is 20.6. The van der Waals surface area contributed by atoms with Gasteiger partial charge in [-0.3, -0.25) is 4.90 Å². The molecular weight excluding hydrogens is 456 g/mol. The Morgan fingerprint density at radius 2 is 1.75 bits per heavy atom. The van der Waals surface area contributed by atoms with Gasteiger partial charge in [-0.05, 0) is 24.9 Å². The van der Waals surface area contributed by atoms with Crippen LogP contribution >= 0.6 is 0 Å². The number of methoxy groups -OCH3 is 1. The number of esters is 1. The number of benzene rings is 2. The molecule has 0 spiro atoms. The van der Waals surface area contributed by atoms with Crippen LogP contribution in [0.1, 0.15) is 24.4 Å². The van der Waals surface area contributed by atoms with Gasteiger partial charge in [-0.25, -0.2) is 9.78 Å². The highest BCUT2D eigenvalue weighted by atomic mass is 16.5. The highest BCUT2D eigenvalue weighted by Crippen LogP contribution is 2.31. The summed E-state index contributed by atoms with van der Waals surface area (Å²) < 4.78 is 17.0. The Labute approximate surface area is 211 Å². The van der Waals surface area contributed by atoms with E-state index in [1.165, 1.54) is 7.11 Å². The van der Waals surface area contributed by atoms with Crippen molar-refractivity contribution in [3.05, 3.63) is 72.3 Å². The average Bonchev–Trinajstić information content (AvgIpc) is 3.41. The Bertz CT molecular complexity index is 1140. The molecule has 0 radical (unpaired) electrons. The number of carbonyl (C=O) groups is 1. The summed E-state index contributed by atoms with van der Waals surface area (Å²) in [7, 11) is 1.44. The highest BCUT2D eigenvalue weighted by Gasteiger charge is 2.37. The van der Waals surface area contributed by atoms with Crippen molar-refractivity contribution in [2.24, 2.45) is 0 Å². The molecule has 36 heavy (non-hydrogen) atoms. The van der Waals surface area contributed by atoms with E-state index in [9.17, 15) is 4.79 Å². The zero-order chi connectivity index (χ0) is 24.7. The smallest absolute Gasteiger partial charge is 0.327 e. The summed E-state index contributed by atoms with van der Waals surface area (Å²) >= 11 is 0. The summed E-state index contributed by atoms with van der Waals surface area (Å²) in [4.78, 5) is 26.7. The second kappa shape index (κ2) is 11.5. The van der Waals surface area contributed by atoms with Crippen LogP contribution in [-0.2, 0) is 14.3 Å². The molecule has 2 aromatic carbocycles. The van der Waals surface area contributed by atoms with E-state index >= 15 is 0 Å². The molecule has 3 aromatic rings. The van der Waals surface area contributed by atoms with E-state index in [1.807, 2.05) is 66.7 Å². The Morgan fingerprint density at radius 3 is 2.47 bits per heavy atom. The molecule has 8 nitrogen and oxygen atoms in total. The fourth-order valence-electron chi connectivity index (χ4n) is 4.92. The molecule has 0 bridgehead atoms. The molecule has 1 aromatic heterocycles. The molecule has 0 amide bonds. The van der Waals surface area contributed by atoms with Crippen LogP contribution in [0.15, 0.2) is 66.7 Å². The third-order valence-electron chi connectivity index (χ3n) is 6.77. The van der Waals surface area contributed by atoms with E-state index in [0.29, 0.717) is 31.6 Å². The minimum absolute atomic E-state index is 0.0660. The monoisotopic (exact) mass is 488 g/mol. The topological polar surface area (TPSA) is 77.0 Å². The zero-order valence-corrected chi connectivity index (χ0v) is 20.6. The Morgan fingerprint density at radius 1 is 1.03 bits per heavy atom. The van der Waals surface area contributed by atoms with Gasteiger partial charge >= 0.3 is 5.97 Å². The molecule has 8 heteroatoms. The van der Waals surface area contributed by atoms with Gasteiger partial charge in [0.2, 0.25) is 11.8 Å². The molecule has 0 N–H and O–H groups in total. The van der Waals surface area contributed by atoms with Crippen molar-refractivity contribution in [1.82, 2.24) is 14.9 Å². The van der Waals surface area contributed by atoms with Crippen molar-refractivity contribution in [2.45, 2.75) is 24.9 Å². The van der Waals surface area contributed by atoms with Crippen molar-refractivity contribution < 1.29 is 19.0 Å². The van der Waals surface area contributed by atoms with Crippen LogP contribution < -0.4 is 9.64 Å². The lowest BCUT2D eigenvalue weighted by Crippen LogP contribution is -2.41. The summed E-state index contributed by atoms with van der Waals surface area (Å²) in [6, 6.07) is 21.4. The Hall–Kier alpha value is -3.49. The number of morpholine rings is 1. The number of rotatable bonds is 8. The maximum atomic E-state index is 12.8. The van der Waals surface area contributed by atoms with Gasteiger partial charge in [-0.2, -0.15) is 4.98 Å². The van der Waals surface area contributed by atoms with Crippen LogP contribution in [0.25, 0.3) is 11.3 Å². The molecule has 2 aliphatic rings. The third kappa shape index (κ3) is 5.50. The minimum Gasteiger partial charge on any atom is -0.476 e. The first-order chi connectivity index (χ1) is 17.7. The summed E-state index contributed by atoms with van der Waals surface area (Å²) in [5.41, 5.74) is 2.76. The van der Waals surface area contributed by atoms with E-state index in [4.69, 9.17) is 24.2 Å². The van der Waals surface area contributed by atoms with Crippen molar-refractivity contribution >= 4 is 11.9 Å². The van der Waals surface area contributed by atoms with Gasteiger partial charge in [0.05, 0.1) is 26.0 Å². The van der Waals surface area contributed by atoms with E-state index in [0.717, 1.165) is 49.3 Å². The molecular formula is C28H32N4O4. The maximum Gasteiger partial charge on any atom is 0.327 e. The van der Waals surface area contributed by atoms with Crippen molar-refractivity contribution in [3.63, 3.8) is 0 Å². The van der Waals surface area contributed by atoms with Crippen molar-refractivity contribution in [3.8, 4) is 17.1 Å². The maximum absolute atomic E-state index is 12.8. The third-order valence-corrected chi connectivity index (χ3v) is 6.77. The van der Waals surface area contributed by atoms with Crippen LogP contribution in [0, 0.1) is 0 Å². The molecule has 0 aliphatic carbocycles. The van der Waals surface area contributed by atoms with Gasteiger partial charge in [0.15, 0.2) is 0 Å². The molecule has 3 heterocycles. The van der Waals surface area contributed by atoms with E-state index in [-0.39, 0.29) is 12.0 Å². The molecule has 2 atom stereocenters. The highest BCUT2D eigenvalue weighted by molar-refractivity contribution is 5.77. The van der Waals surface area contributed by atoms with Crippen LogP contribution in [-0.4, -0.2) is 73.4 Å². The fraction of sp³-hybridized carbons (Fsp3) is 0.393. The summed E-state index contributed by atoms with van der Waals surface area (Å²) in [5, 5.41) is 0. The molecule has 2 fully saturated rings. The second-order valence-corrected chi connectivity index (χ2v) is 9.04. The average molecular weight is 489 g/mol. The van der Waals surface area contributed by atoms with Crippen molar-refractivity contribution in [2.75, 3.05) is 51.5 Å². The number of aromatic nitrogens is 2. The van der Waals surface area contributed by atoms with Crippen LogP contribution in [0.5, 0.6) is 5.88 Å². The van der Waals surface area contributed by atoms with Gasteiger partial charge in [-0.15, -0.1) is 0 Å². The number of nitrogens with zero attached hydrogens (tertiary/aromatic N) is 4. The van der Waals surface area contributed by atoms with Crippen LogP contribution in [0.2, 0.25) is 0 Å². The summed E-state index contributed by atoms with van der Waals surface area (Å²) in [5.74, 6) is 0.928. The SMILES string of the molecule is COC(=O)C(c1ccccc1)N1CCCC1COc1cc(-c2ccccc2)nc(N2CCOCC2)n1. The first kappa shape index (κ1) is 24.2. The first-order valence-electron chi connectivity index (χ1n) is 12.5.